The molecule has 6 nitrogen and oxygen atoms in total. The fraction of sp³-hybridized carbons (Fsp3) is 0.667. The van der Waals surface area contributed by atoms with Crippen molar-refractivity contribution in [2.45, 2.75) is 45.6 Å². The number of hydrogen-bond acceptors (Lipinski definition) is 3. The molecule has 1 aliphatic rings. The second kappa shape index (κ2) is 8.44. The third-order valence-electron chi connectivity index (χ3n) is 3.76. The predicted molar refractivity (Wildman–Crippen MR) is 78.5 cm³/mol. The van der Waals surface area contributed by atoms with E-state index in [1.165, 1.54) is 0 Å². The van der Waals surface area contributed by atoms with Gasteiger partial charge in [0.25, 0.3) is 0 Å². The standard InChI is InChI=1S/C15H24N2O4/c1-3-10(2)17-13(18)8-9-16-14(19)11-6-4-5-7-12(11)15(20)21/h4-5,10-12H,3,6-9H2,1-2H3,(H,16,19)(H,17,18)(H,20,21)/t10?,11-,12+/m1/s1. The SMILES string of the molecule is CCC(C)NC(=O)CCNC(=O)[C@@H]1CC=CC[C@@H]1C(=O)O. The Morgan fingerprint density at radius 2 is 1.86 bits per heavy atom. The number of rotatable bonds is 7. The lowest BCUT2D eigenvalue weighted by atomic mass is 9.82. The van der Waals surface area contributed by atoms with Gasteiger partial charge < -0.3 is 15.7 Å². The summed E-state index contributed by atoms with van der Waals surface area (Å²) in [5.41, 5.74) is 0. The van der Waals surface area contributed by atoms with Crippen LogP contribution in [0.1, 0.15) is 39.5 Å². The second-order valence-electron chi connectivity index (χ2n) is 5.41. The van der Waals surface area contributed by atoms with Crippen LogP contribution in [0.5, 0.6) is 0 Å². The molecule has 1 rings (SSSR count). The second-order valence-corrected chi connectivity index (χ2v) is 5.41. The Kier molecular flexibility index (Phi) is 6.91. The molecule has 0 fully saturated rings. The normalized spacial score (nSPS) is 22.4. The van der Waals surface area contributed by atoms with Crippen molar-refractivity contribution in [3.05, 3.63) is 12.2 Å². The van der Waals surface area contributed by atoms with Gasteiger partial charge in [0.1, 0.15) is 0 Å². The Balaban J connectivity index is 2.37. The summed E-state index contributed by atoms with van der Waals surface area (Å²) in [5.74, 6) is -2.57. The van der Waals surface area contributed by atoms with E-state index in [4.69, 9.17) is 5.11 Å². The van der Waals surface area contributed by atoms with Crippen molar-refractivity contribution in [3.63, 3.8) is 0 Å². The van der Waals surface area contributed by atoms with E-state index in [1.54, 1.807) is 6.08 Å². The van der Waals surface area contributed by atoms with Crippen LogP contribution in [0.3, 0.4) is 0 Å². The van der Waals surface area contributed by atoms with Crippen molar-refractivity contribution in [2.24, 2.45) is 11.8 Å². The minimum absolute atomic E-state index is 0.108. The highest BCUT2D eigenvalue weighted by molar-refractivity contribution is 5.85. The van der Waals surface area contributed by atoms with Gasteiger partial charge in [-0.05, 0) is 26.2 Å². The van der Waals surface area contributed by atoms with Gasteiger partial charge in [-0.3, -0.25) is 14.4 Å². The molecule has 0 saturated heterocycles. The summed E-state index contributed by atoms with van der Waals surface area (Å²) >= 11 is 0. The number of carbonyl (C=O) groups excluding carboxylic acids is 2. The number of amides is 2. The zero-order valence-electron chi connectivity index (χ0n) is 12.6. The van der Waals surface area contributed by atoms with Gasteiger partial charge in [-0.1, -0.05) is 19.1 Å². The monoisotopic (exact) mass is 296 g/mol. The molecule has 0 radical (unpaired) electrons. The molecule has 0 saturated carbocycles. The summed E-state index contributed by atoms with van der Waals surface area (Å²) in [7, 11) is 0. The van der Waals surface area contributed by atoms with E-state index in [2.05, 4.69) is 10.6 Å². The Morgan fingerprint density at radius 3 is 2.43 bits per heavy atom. The molecule has 0 aromatic heterocycles. The third kappa shape index (κ3) is 5.57. The summed E-state index contributed by atoms with van der Waals surface area (Å²) in [6.45, 7) is 4.13. The summed E-state index contributed by atoms with van der Waals surface area (Å²) in [5, 5.41) is 14.6. The van der Waals surface area contributed by atoms with Crippen LogP contribution in [0.4, 0.5) is 0 Å². The first kappa shape index (κ1) is 17.2. The van der Waals surface area contributed by atoms with E-state index in [9.17, 15) is 14.4 Å². The smallest absolute Gasteiger partial charge is 0.307 e. The molecular weight excluding hydrogens is 272 g/mol. The largest absolute Gasteiger partial charge is 0.481 e. The maximum absolute atomic E-state index is 12.0. The van der Waals surface area contributed by atoms with Gasteiger partial charge in [0.15, 0.2) is 0 Å². The quantitative estimate of drug-likeness (QED) is 0.612. The highest BCUT2D eigenvalue weighted by Crippen LogP contribution is 2.25. The van der Waals surface area contributed by atoms with Crippen molar-refractivity contribution >= 4 is 17.8 Å². The lowest BCUT2D eigenvalue weighted by Crippen LogP contribution is -2.40. The van der Waals surface area contributed by atoms with Crippen LogP contribution in [0, 0.1) is 11.8 Å². The van der Waals surface area contributed by atoms with Crippen molar-refractivity contribution in [1.82, 2.24) is 10.6 Å². The van der Waals surface area contributed by atoms with Crippen LogP contribution < -0.4 is 10.6 Å². The summed E-state index contributed by atoms with van der Waals surface area (Å²) in [6, 6.07) is 0.119. The van der Waals surface area contributed by atoms with Crippen LogP contribution in [0.2, 0.25) is 0 Å². The molecule has 118 valence electrons. The van der Waals surface area contributed by atoms with E-state index in [-0.39, 0.29) is 30.8 Å². The maximum Gasteiger partial charge on any atom is 0.307 e. The first-order chi connectivity index (χ1) is 9.95. The number of carbonyl (C=O) groups is 3. The van der Waals surface area contributed by atoms with Gasteiger partial charge >= 0.3 is 5.97 Å². The Hall–Kier alpha value is -1.85. The lowest BCUT2D eigenvalue weighted by molar-refractivity contribution is -0.147. The molecule has 2 amide bonds. The Morgan fingerprint density at radius 1 is 1.24 bits per heavy atom. The van der Waals surface area contributed by atoms with Gasteiger partial charge in [0, 0.05) is 19.0 Å². The Bertz CT molecular complexity index is 420. The van der Waals surface area contributed by atoms with Crippen LogP contribution in [0.25, 0.3) is 0 Å². The van der Waals surface area contributed by atoms with Crippen LogP contribution >= 0.6 is 0 Å². The Labute approximate surface area is 125 Å². The van der Waals surface area contributed by atoms with E-state index < -0.39 is 17.8 Å². The molecule has 3 N–H and O–H groups in total. The zero-order valence-corrected chi connectivity index (χ0v) is 12.6. The lowest BCUT2D eigenvalue weighted by Gasteiger charge is -2.24. The fourth-order valence-corrected chi connectivity index (χ4v) is 2.26. The number of carboxylic acid groups (broad SMARTS) is 1. The molecule has 0 heterocycles. The van der Waals surface area contributed by atoms with Crippen LogP contribution in [-0.4, -0.2) is 35.5 Å². The highest BCUT2D eigenvalue weighted by atomic mass is 16.4. The molecule has 0 aromatic carbocycles. The minimum atomic E-state index is -0.950. The van der Waals surface area contributed by atoms with Crippen molar-refractivity contribution < 1.29 is 19.5 Å². The highest BCUT2D eigenvalue weighted by Gasteiger charge is 2.33. The molecule has 6 heteroatoms. The van der Waals surface area contributed by atoms with E-state index in [1.807, 2.05) is 19.9 Å². The molecule has 0 aliphatic heterocycles. The van der Waals surface area contributed by atoms with Gasteiger partial charge in [-0.25, -0.2) is 0 Å². The number of hydrogen-bond donors (Lipinski definition) is 3. The molecule has 0 bridgehead atoms. The van der Waals surface area contributed by atoms with Crippen molar-refractivity contribution in [1.29, 1.82) is 0 Å². The number of aliphatic carboxylic acids is 1. The van der Waals surface area contributed by atoms with Gasteiger partial charge in [-0.2, -0.15) is 0 Å². The third-order valence-corrected chi connectivity index (χ3v) is 3.76. The number of allylic oxidation sites excluding steroid dienone is 2. The molecule has 0 spiro atoms. The molecule has 3 atom stereocenters. The van der Waals surface area contributed by atoms with Gasteiger partial charge in [0.2, 0.25) is 11.8 Å². The minimum Gasteiger partial charge on any atom is -0.481 e. The number of nitrogens with one attached hydrogen (secondary N) is 2. The average molecular weight is 296 g/mol. The topological polar surface area (TPSA) is 95.5 Å². The molecular formula is C15H24N2O4. The average Bonchev–Trinajstić information content (AvgIpc) is 2.46. The summed E-state index contributed by atoms with van der Waals surface area (Å²) in [6.07, 6.45) is 5.49. The zero-order chi connectivity index (χ0) is 15.8. The van der Waals surface area contributed by atoms with E-state index >= 15 is 0 Å². The fourth-order valence-electron chi connectivity index (χ4n) is 2.26. The van der Waals surface area contributed by atoms with Gasteiger partial charge in [-0.15, -0.1) is 0 Å². The first-order valence-corrected chi connectivity index (χ1v) is 7.40. The molecule has 1 unspecified atom stereocenters. The predicted octanol–water partition coefficient (Wildman–Crippen LogP) is 1.07. The summed E-state index contributed by atoms with van der Waals surface area (Å²) in [4.78, 5) is 34.7. The first-order valence-electron chi connectivity index (χ1n) is 7.40. The molecule has 21 heavy (non-hydrogen) atoms. The van der Waals surface area contributed by atoms with E-state index in [0.717, 1.165) is 6.42 Å². The van der Waals surface area contributed by atoms with E-state index in [0.29, 0.717) is 12.8 Å². The van der Waals surface area contributed by atoms with Crippen molar-refractivity contribution in [3.8, 4) is 0 Å². The van der Waals surface area contributed by atoms with Gasteiger partial charge in [0.05, 0.1) is 11.8 Å². The molecule has 0 aromatic rings. The van der Waals surface area contributed by atoms with Crippen LogP contribution in [0.15, 0.2) is 12.2 Å². The summed E-state index contributed by atoms with van der Waals surface area (Å²) < 4.78 is 0. The maximum atomic E-state index is 12.0. The molecule has 1 aliphatic carbocycles. The van der Waals surface area contributed by atoms with Crippen LogP contribution in [-0.2, 0) is 14.4 Å². The van der Waals surface area contributed by atoms with Crippen molar-refractivity contribution in [2.75, 3.05) is 6.54 Å². The number of carboxylic acids is 1.